The Morgan fingerprint density at radius 1 is 1.32 bits per heavy atom. The van der Waals surface area contributed by atoms with Crippen LogP contribution in [0.4, 0.5) is 10.5 Å². The maximum absolute atomic E-state index is 12.6. The number of amides is 2. The van der Waals surface area contributed by atoms with Gasteiger partial charge in [-0.05, 0) is 86.2 Å². The normalized spacial score (nSPS) is 22.8. The molecule has 1 fully saturated rings. The standard InChI is InChI=1S/C23H30N2O2S/c1-7-9-24-21(26)20(28-22(24)27)13-17-12-18-16(4)14-23(5,6)25(10-8-2)19(18)11-15(17)3/h7,11-13,16H,1,8-10,14H2,2-6H3/b20-13+. The second kappa shape index (κ2) is 7.78. The van der Waals surface area contributed by atoms with E-state index in [0.29, 0.717) is 10.8 Å². The van der Waals surface area contributed by atoms with Gasteiger partial charge < -0.3 is 4.90 Å². The Morgan fingerprint density at radius 3 is 2.68 bits per heavy atom. The second-order valence-corrected chi connectivity index (χ2v) is 9.41. The van der Waals surface area contributed by atoms with Crippen LogP contribution in [0, 0.1) is 6.92 Å². The molecule has 0 N–H and O–H groups in total. The summed E-state index contributed by atoms with van der Waals surface area (Å²) in [6.07, 6.45) is 5.66. The zero-order valence-corrected chi connectivity index (χ0v) is 18.4. The van der Waals surface area contributed by atoms with Crippen LogP contribution in [0.5, 0.6) is 0 Å². The minimum Gasteiger partial charge on any atom is -0.366 e. The van der Waals surface area contributed by atoms with E-state index >= 15 is 0 Å². The number of hydrogen-bond donors (Lipinski definition) is 0. The van der Waals surface area contributed by atoms with Crippen molar-refractivity contribution >= 4 is 34.7 Å². The van der Waals surface area contributed by atoms with Crippen LogP contribution in [0.25, 0.3) is 6.08 Å². The molecule has 28 heavy (non-hydrogen) atoms. The Morgan fingerprint density at radius 2 is 2.04 bits per heavy atom. The number of thioether (sulfide) groups is 1. The molecule has 0 aromatic heterocycles. The van der Waals surface area contributed by atoms with Gasteiger partial charge in [-0.15, -0.1) is 6.58 Å². The number of imide groups is 1. The molecule has 5 heteroatoms. The van der Waals surface area contributed by atoms with E-state index in [1.807, 2.05) is 6.08 Å². The first-order valence-corrected chi connectivity index (χ1v) is 10.8. The van der Waals surface area contributed by atoms with Gasteiger partial charge in [0.15, 0.2) is 0 Å². The number of anilines is 1. The minimum absolute atomic E-state index is 0.129. The molecule has 1 saturated heterocycles. The highest BCUT2D eigenvalue weighted by Gasteiger charge is 2.37. The van der Waals surface area contributed by atoms with Crippen LogP contribution in [0.2, 0.25) is 0 Å². The summed E-state index contributed by atoms with van der Waals surface area (Å²) < 4.78 is 0. The molecule has 3 rings (SSSR count). The predicted molar refractivity (Wildman–Crippen MR) is 119 cm³/mol. The maximum Gasteiger partial charge on any atom is 0.293 e. The summed E-state index contributed by atoms with van der Waals surface area (Å²) in [7, 11) is 0. The van der Waals surface area contributed by atoms with Crippen molar-refractivity contribution in [2.45, 2.75) is 58.9 Å². The van der Waals surface area contributed by atoms with E-state index in [2.05, 4.69) is 58.2 Å². The molecule has 0 saturated carbocycles. The van der Waals surface area contributed by atoms with Crippen molar-refractivity contribution in [2.75, 3.05) is 18.0 Å². The zero-order chi connectivity index (χ0) is 20.6. The topological polar surface area (TPSA) is 40.6 Å². The predicted octanol–water partition coefficient (Wildman–Crippen LogP) is 5.72. The van der Waals surface area contributed by atoms with Crippen LogP contribution >= 0.6 is 11.8 Å². The average molecular weight is 399 g/mol. The van der Waals surface area contributed by atoms with Crippen molar-refractivity contribution in [2.24, 2.45) is 0 Å². The van der Waals surface area contributed by atoms with E-state index in [1.54, 1.807) is 6.08 Å². The third-order valence-corrected chi connectivity index (χ3v) is 6.60. The third-order valence-electron chi connectivity index (χ3n) is 5.69. The summed E-state index contributed by atoms with van der Waals surface area (Å²) in [4.78, 5) is 28.9. The van der Waals surface area contributed by atoms with E-state index in [-0.39, 0.29) is 23.2 Å². The van der Waals surface area contributed by atoms with Crippen molar-refractivity contribution in [3.05, 3.63) is 46.4 Å². The largest absolute Gasteiger partial charge is 0.366 e. The van der Waals surface area contributed by atoms with Crippen molar-refractivity contribution in [1.82, 2.24) is 4.90 Å². The Labute approximate surface area is 172 Å². The van der Waals surface area contributed by atoms with E-state index < -0.39 is 0 Å². The molecule has 2 amide bonds. The van der Waals surface area contributed by atoms with Crippen LogP contribution in [-0.2, 0) is 4.79 Å². The maximum atomic E-state index is 12.6. The number of nitrogens with zero attached hydrogens (tertiary/aromatic N) is 2. The van der Waals surface area contributed by atoms with Gasteiger partial charge >= 0.3 is 0 Å². The molecule has 4 nitrogen and oxygen atoms in total. The molecule has 0 radical (unpaired) electrons. The molecular weight excluding hydrogens is 368 g/mol. The van der Waals surface area contributed by atoms with Crippen LogP contribution in [0.3, 0.4) is 0 Å². The molecular formula is C23H30N2O2S. The van der Waals surface area contributed by atoms with Crippen molar-refractivity contribution in [1.29, 1.82) is 0 Å². The van der Waals surface area contributed by atoms with Gasteiger partial charge in [0, 0.05) is 24.3 Å². The lowest BCUT2D eigenvalue weighted by Gasteiger charge is -2.48. The van der Waals surface area contributed by atoms with Gasteiger partial charge in [0.25, 0.3) is 11.1 Å². The van der Waals surface area contributed by atoms with Gasteiger partial charge in [-0.3, -0.25) is 14.5 Å². The molecule has 0 spiro atoms. The van der Waals surface area contributed by atoms with Crippen molar-refractivity contribution < 1.29 is 9.59 Å². The third kappa shape index (κ3) is 3.64. The Hall–Kier alpha value is -2.01. The van der Waals surface area contributed by atoms with E-state index in [1.165, 1.54) is 16.2 Å². The van der Waals surface area contributed by atoms with Gasteiger partial charge in [-0.25, -0.2) is 0 Å². The zero-order valence-electron chi connectivity index (χ0n) is 17.5. The van der Waals surface area contributed by atoms with Gasteiger partial charge in [-0.2, -0.15) is 0 Å². The fraction of sp³-hybridized carbons (Fsp3) is 0.478. The van der Waals surface area contributed by atoms with Crippen LogP contribution in [0.15, 0.2) is 29.7 Å². The Balaban J connectivity index is 2.02. The number of aryl methyl sites for hydroxylation is 1. The number of carbonyl (C=O) groups is 2. The molecule has 150 valence electrons. The van der Waals surface area contributed by atoms with Gasteiger partial charge in [0.1, 0.15) is 0 Å². The van der Waals surface area contributed by atoms with Gasteiger partial charge in [0.2, 0.25) is 0 Å². The van der Waals surface area contributed by atoms with Crippen LogP contribution < -0.4 is 4.90 Å². The Bertz CT molecular complexity index is 856. The molecule has 1 atom stereocenters. The highest BCUT2D eigenvalue weighted by Crippen LogP contribution is 2.45. The lowest BCUT2D eigenvalue weighted by atomic mass is 9.79. The first kappa shape index (κ1) is 20.7. The molecule has 0 bridgehead atoms. The lowest BCUT2D eigenvalue weighted by Crippen LogP contribution is -2.48. The summed E-state index contributed by atoms with van der Waals surface area (Å²) in [6.45, 7) is 16.1. The van der Waals surface area contributed by atoms with Gasteiger partial charge in [-0.1, -0.05) is 19.9 Å². The highest BCUT2D eigenvalue weighted by atomic mass is 32.2. The minimum atomic E-state index is -0.228. The highest BCUT2D eigenvalue weighted by molar-refractivity contribution is 8.18. The number of carbonyl (C=O) groups excluding carboxylic acids is 2. The molecule has 1 aromatic rings. The second-order valence-electron chi connectivity index (χ2n) is 8.42. The molecule has 2 aliphatic heterocycles. The summed E-state index contributed by atoms with van der Waals surface area (Å²) >= 11 is 1.01. The monoisotopic (exact) mass is 398 g/mol. The van der Waals surface area contributed by atoms with Crippen LogP contribution in [-0.4, -0.2) is 34.7 Å². The van der Waals surface area contributed by atoms with E-state index in [0.717, 1.165) is 42.3 Å². The smallest absolute Gasteiger partial charge is 0.293 e. The first-order chi connectivity index (χ1) is 13.2. The van der Waals surface area contributed by atoms with Crippen molar-refractivity contribution in [3.8, 4) is 0 Å². The SMILES string of the molecule is C=CCN1C(=O)S/C(=C/c2cc3c(cc2C)N(CCC)C(C)(C)CC3C)C1=O. The van der Waals surface area contributed by atoms with E-state index in [9.17, 15) is 9.59 Å². The summed E-state index contributed by atoms with van der Waals surface area (Å²) in [6, 6.07) is 4.47. The first-order valence-electron chi connectivity index (χ1n) is 9.98. The molecule has 0 aliphatic carbocycles. The number of hydrogen-bond acceptors (Lipinski definition) is 4. The fourth-order valence-electron chi connectivity index (χ4n) is 4.38. The summed E-state index contributed by atoms with van der Waals surface area (Å²) in [5.74, 6) is 0.218. The fourth-order valence-corrected chi connectivity index (χ4v) is 5.22. The van der Waals surface area contributed by atoms with Crippen LogP contribution in [0.1, 0.15) is 63.1 Å². The molecule has 1 aromatic carbocycles. The number of benzene rings is 1. The van der Waals surface area contributed by atoms with Gasteiger partial charge in [0.05, 0.1) is 4.91 Å². The Kier molecular flexibility index (Phi) is 5.76. The molecule has 2 aliphatic rings. The lowest BCUT2D eigenvalue weighted by molar-refractivity contribution is -0.122. The summed E-state index contributed by atoms with van der Waals surface area (Å²) in [5.41, 5.74) is 4.91. The number of rotatable bonds is 5. The van der Waals surface area contributed by atoms with Crippen molar-refractivity contribution in [3.63, 3.8) is 0 Å². The van der Waals surface area contributed by atoms with E-state index in [4.69, 9.17) is 0 Å². The molecule has 2 heterocycles. The quantitative estimate of drug-likeness (QED) is 0.470. The number of fused-ring (bicyclic) bond motifs is 1. The molecule has 1 unspecified atom stereocenters. The average Bonchev–Trinajstić information content (AvgIpc) is 2.87. The summed E-state index contributed by atoms with van der Waals surface area (Å²) in [5, 5.41) is -0.226.